The van der Waals surface area contributed by atoms with Crippen LogP contribution >= 0.6 is 11.8 Å². The summed E-state index contributed by atoms with van der Waals surface area (Å²) in [5, 5.41) is 21.1. The number of aliphatic hydroxyl groups is 2. The molecule has 0 aromatic heterocycles. The second-order valence-corrected chi connectivity index (χ2v) is 12.8. The number of rotatable bonds is 20. The van der Waals surface area contributed by atoms with Crippen molar-refractivity contribution in [1.82, 2.24) is 0 Å². The molecule has 0 radical (unpaired) electrons. The Hall–Kier alpha value is -2.78. The van der Waals surface area contributed by atoms with Crippen molar-refractivity contribution in [3.05, 3.63) is 82.9 Å². The van der Waals surface area contributed by atoms with Crippen LogP contribution in [0.2, 0.25) is 0 Å². The largest absolute Gasteiger partial charge is 0.457 e. The first-order valence-corrected chi connectivity index (χ1v) is 17.0. The number of carbonyl (C=O) groups excluding carboxylic acids is 3. The summed E-state index contributed by atoms with van der Waals surface area (Å²) in [6.07, 6.45) is 8.57. The van der Waals surface area contributed by atoms with Gasteiger partial charge in [0.05, 0.1) is 18.8 Å². The van der Waals surface area contributed by atoms with Crippen LogP contribution in [-0.2, 0) is 38.5 Å². The van der Waals surface area contributed by atoms with E-state index in [1.54, 1.807) is 43.2 Å². The summed E-state index contributed by atoms with van der Waals surface area (Å²) in [5.41, 5.74) is 3.79. The van der Waals surface area contributed by atoms with E-state index < -0.39 is 18.2 Å². The molecule has 0 bridgehead atoms. The Kier molecular flexibility index (Phi) is 15.9. The number of ketones is 2. The Balaban J connectivity index is 1.32. The van der Waals surface area contributed by atoms with Crippen LogP contribution < -0.4 is 0 Å². The van der Waals surface area contributed by atoms with E-state index in [1.165, 1.54) is 18.4 Å². The number of methoxy groups -OCH3 is 1. The first-order valence-electron chi connectivity index (χ1n) is 15.8. The van der Waals surface area contributed by atoms with E-state index in [0.717, 1.165) is 35.5 Å². The molecule has 0 saturated heterocycles. The Morgan fingerprint density at radius 2 is 1.82 bits per heavy atom. The molecule has 2 aromatic rings. The van der Waals surface area contributed by atoms with E-state index in [4.69, 9.17) is 9.47 Å². The zero-order chi connectivity index (χ0) is 31.7. The lowest BCUT2D eigenvalue weighted by molar-refractivity contribution is -0.142. The van der Waals surface area contributed by atoms with Crippen molar-refractivity contribution in [2.24, 2.45) is 11.8 Å². The Bertz CT molecular complexity index is 1210. The molecule has 1 aliphatic carbocycles. The number of aliphatic hydroxyl groups excluding tert-OH is 2. The minimum Gasteiger partial charge on any atom is -0.457 e. The molecular formula is C36H48O7S. The fourth-order valence-corrected chi connectivity index (χ4v) is 6.51. The third-order valence-corrected chi connectivity index (χ3v) is 9.09. The molecule has 1 saturated carbocycles. The van der Waals surface area contributed by atoms with Crippen LogP contribution in [0.5, 0.6) is 0 Å². The van der Waals surface area contributed by atoms with Crippen molar-refractivity contribution < 1.29 is 34.1 Å². The standard InChI is InChI=1S/C36H48O7S/c1-3-4-5-8-26-12-14-29(15-13-26)35(40)25-43-36(41)11-7-19-44-20-18-32-31(33(38)23-34(32)39)17-16-30(37)22-27-9-6-10-28(21-27)24-42-2/h6,9-10,12-17,21,30-33,37-38H,3-5,7-8,11,18-20,22-25H2,1-2H3/b17-16+/t30-,31+,32-,33-/m1/s1. The SMILES string of the molecule is CCCCCc1ccc(C(=O)COC(=O)CCCSCC[C@H]2C(=O)C[C@@H](O)[C@H]2/C=C/[C@@H](O)Cc2cccc(COC)c2)cc1. The molecule has 7 nitrogen and oxygen atoms in total. The zero-order valence-electron chi connectivity index (χ0n) is 26.1. The van der Waals surface area contributed by atoms with Gasteiger partial charge in [0.25, 0.3) is 0 Å². The van der Waals surface area contributed by atoms with Gasteiger partial charge in [-0.3, -0.25) is 14.4 Å². The molecule has 2 N–H and O–H groups in total. The number of thioether (sulfide) groups is 1. The lowest BCUT2D eigenvalue weighted by atomic mass is 9.91. The highest BCUT2D eigenvalue weighted by Crippen LogP contribution is 2.34. The van der Waals surface area contributed by atoms with Gasteiger partial charge < -0.3 is 19.7 Å². The normalized spacial score (nSPS) is 19.0. The second-order valence-electron chi connectivity index (χ2n) is 11.6. The topological polar surface area (TPSA) is 110 Å². The van der Waals surface area contributed by atoms with Crippen molar-refractivity contribution in [3.8, 4) is 0 Å². The maximum atomic E-state index is 12.6. The van der Waals surface area contributed by atoms with Crippen LogP contribution in [0.4, 0.5) is 0 Å². The number of ether oxygens (including phenoxy) is 2. The Labute approximate surface area is 266 Å². The number of hydrogen-bond acceptors (Lipinski definition) is 8. The van der Waals surface area contributed by atoms with E-state index in [9.17, 15) is 24.6 Å². The van der Waals surface area contributed by atoms with Crippen molar-refractivity contribution in [3.63, 3.8) is 0 Å². The molecule has 44 heavy (non-hydrogen) atoms. The van der Waals surface area contributed by atoms with Gasteiger partial charge in [0.2, 0.25) is 0 Å². The summed E-state index contributed by atoms with van der Waals surface area (Å²) >= 11 is 1.66. The Morgan fingerprint density at radius 1 is 1.05 bits per heavy atom. The number of esters is 1. The molecule has 1 fully saturated rings. The number of aryl methyl sites for hydroxylation is 1. The zero-order valence-corrected chi connectivity index (χ0v) is 26.9. The molecule has 240 valence electrons. The maximum absolute atomic E-state index is 12.6. The van der Waals surface area contributed by atoms with E-state index in [0.29, 0.717) is 31.4 Å². The van der Waals surface area contributed by atoms with Crippen LogP contribution in [0.3, 0.4) is 0 Å². The van der Waals surface area contributed by atoms with Gasteiger partial charge in [-0.2, -0.15) is 11.8 Å². The molecule has 3 rings (SSSR count). The van der Waals surface area contributed by atoms with Gasteiger partial charge in [0.15, 0.2) is 12.4 Å². The molecule has 0 aliphatic heterocycles. The summed E-state index contributed by atoms with van der Waals surface area (Å²) in [6.45, 7) is 2.43. The van der Waals surface area contributed by atoms with Gasteiger partial charge in [-0.25, -0.2) is 0 Å². The summed E-state index contributed by atoms with van der Waals surface area (Å²) < 4.78 is 10.4. The van der Waals surface area contributed by atoms with Gasteiger partial charge in [0, 0.05) is 43.8 Å². The number of unbranched alkanes of at least 4 members (excludes halogenated alkanes) is 2. The van der Waals surface area contributed by atoms with Gasteiger partial charge in [0.1, 0.15) is 5.78 Å². The molecule has 0 spiro atoms. The maximum Gasteiger partial charge on any atom is 0.306 e. The van der Waals surface area contributed by atoms with Crippen LogP contribution in [0, 0.1) is 11.8 Å². The molecule has 2 aromatic carbocycles. The van der Waals surface area contributed by atoms with Crippen molar-refractivity contribution >= 4 is 29.3 Å². The summed E-state index contributed by atoms with van der Waals surface area (Å²) in [7, 11) is 1.64. The minimum absolute atomic E-state index is 0.0499. The van der Waals surface area contributed by atoms with E-state index in [2.05, 4.69) is 6.92 Å². The van der Waals surface area contributed by atoms with Gasteiger partial charge in [-0.1, -0.05) is 80.4 Å². The van der Waals surface area contributed by atoms with Crippen molar-refractivity contribution in [2.45, 2.75) is 83.5 Å². The predicted octanol–water partition coefficient (Wildman–Crippen LogP) is 5.92. The average Bonchev–Trinajstić information content (AvgIpc) is 3.28. The molecule has 8 heteroatoms. The number of carbonyl (C=O) groups is 3. The lowest BCUT2D eigenvalue weighted by Crippen LogP contribution is -2.20. The van der Waals surface area contributed by atoms with Crippen LogP contribution in [0.1, 0.15) is 78.9 Å². The van der Waals surface area contributed by atoms with E-state index >= 15 is 0 Å². The molecule has 4 atom stereocenters. The monoisotopic (exact) mass is 624 g/mol. The minimum atomic E-state index is -0.743. The number of Topliss-reactive ketones (excluding diaryl/α,β-unsaturated/α-hetero) is 2. The quantitative estimate of drug-likeness (QED) is 0.0809. The summed E-state index contributed by atoms with van der Waals surface area (Å²) in [5.74, 6) is 0.308. The highest BCUT2D eigenvalue weighted by molar-refractivity contribution is 7.99. The number of benzene rings is 2. The highest BCUT2D eigenvalue weighted by Gasteiger charge is 2.39. The molecule has 0 amide bonds. The average molecular weight is 625 g/mol. The highest BCUT2D eigenvalue weighted by atomic mass is 32.2. The smallest absolute Gasteiger partial charge is 0.306 e. The third-order valence-electron chi connectivity index (χ3n) is 7.99. The predicted molar refractivity (Wildman–Crippen MR) is 175 cm³/mol. The summed E-state index contributed by atoms with van der Waals surface area (Å²) in [6, 6.07) is 15.4. The fraction of sp³-hybridized carbons (Fsp3) is 0.528. The number of hydrogen-bond donors (Lipinski definition) is 2. The van der Waals surface area contributed by atoms with E-state index in [1.807, 2.05) is 36.4 Å². The molecule has 1 aliphatic rings. The van der Waals surface area contributed by atoms with Gasteiger partial charge in [-0.05, 0) is 53.9 Å². The van der Waals surface area contributed by atoms with Crippen LogP contribution in [0.25, 0.3) is 0 Å². The van der Waals surface area contributed by atoms with E-state index in [-0.39, 0.29) is 42.9 Å². The first kappa shape index (κ1) is 35.7. The van der Waals surface area contributed by atoms with Gasteiger partial charge in [-0.15, -0.1) is 0 Å². The third kappa shape index (κ3) is 12.3. The Morgan fingerprint density at radius 3 is 2.57 bits per heavy atom. The van der Waals surface area contributed by atoms with Crippen molar-refractivity contribution in [1.29, 1.82) is 0 Å². The summed E-state index contributed by atoms with van der Waals surface area (Å²) in [4.78, 5) is 37.1. The fourth-order valence-electron chi connectivity index (χ4n) is 5.54. The van der Waals surface area contributed by atoms with Crippen LogP contribution in [0.15, 0.2) is 60.7 Å². The second kappa shape index (κ2) is 19.6. The van der Waals surface area contributed by atoms with Crippen molar-refractivity contribution in [2.75, 3.05) is 25.2 Å². The molecule has 0 heterocycles. The van der Waals surface area contributed by atoms with Crippen LogP contribution in [-0.4, -0.2) is 65.2 Å². The first-order chi connectivity index (χ1) is 21.3. The lowest BCUT2D eigenvalue weighted by Gasteiger charge is -2.18. The van der Waals surface area contributed by atoms with Gasteiger partial charge >= 0.3 is 5.97 Å². The molecule has 0 unspecified atom stereocenters. The molecular weight excluding hydrogens is 576 g/mol.